The van der Waals surface area contributed by atoms with E-state index in [1.54, 1.807) is 0 Å². The lowest BCUT2D eigenvalue weighted by Crippen LogP contribution is -2.22. The molecule has 4 nitrogen and oxygen atoms in total. The van der Waals surface area contributed by atoms with Gasteiger partial charge in [-0.2, -0.15) is 10.3 Å². The van der Waals surface area contributed by atoms with Crippen molar-refractivity contribution in [3.8, 4) is 6.07 Å². The molecule has 0 rings (SSSR count). The van der Waals surface area contributed by atoms with Crippen molar-refractivity contribution in [2.24, 2.45) is 0 Å². The number of hydrogen-bond donors (Lipinski definition) is 2. The summed E-state index contributed by atoms with van der Waals surface area (Å²) in [6.07, 6.45) is 0.865. The standard InChI is InChI=1S/C6H12N2O2/c7-3-1-4-8(10)5-2-6-9/h9-10H,1-2,4-6H2. The van der Waals surface area contributed by atoms with Crippen molar-refractivity contribution in [1.82, 2.24) is 5.06 Å². The Morgan fingerprint density at radius 3 is 2.60 bits per heavy atom. The van der Waals surface area contributed by atoms with E-state index in [0.717, 1.165) is 5.06 Å². The van der Waals surface area contributed by atoms with Crippen molar-refractivity contribution in [2.45, 2.75) is 12.8 Å². The molecule has 10 heavy (non-hydrogen) atoms. The first-order chi connectivity index (χ1) is 4.81. The fraction of sp³-hybridized carbons (Fsp3) is 0.833. The summed E-state index contributed by atoms with van der Waals surface area (Å²) in [6.45, 7) is 0.859. The summed E-state index contributed by atoms with van der Waals surface area (Å²) >= 11 is 0. The SMILES string of the molecule is N#CCCN(O)CCCO. The van der Waals surface area contributed by atoms with Crippen LogP contribution in [0.2, 0.25) is 0 Å². The Balaban J connectivity index is 3.10. The maximum absolute atomic E-state index is 8.88. The Hall–Kier alpha value is -0.630. The molecule has 0 aliphatic carbocycles. The van der Waals surface area contributed by atoms with Crippen molar-refractivity contribution in [2.75, 3.05) is 19.7 Å². The van der Waals surface area contributed by atoms with Crippen LogP contribution in [-0.2, 0) is 0 Å². The van der Waals surface area contributed by atoms with Crippen LogP contribution in [0.5, 0.6) is 0 Å². The maximum atomic E-state index is 8.88. The van der Waals surface area contributed by atoms with Gasteiger partial charge >= 0.3 is 0 Å². The molecule has 2 N–H and O–H groups in total. The third kappa shape index (κ3) is 5.51. The normalized spacial score (nSPS) is 9.80. The number of hydrogen-bond acceptors (Lipinski definition) is 4. The van der Waals surface area contributed by atoms with E-state index in [4.69, 9.17) is 15.6 Å². The second kappa shape index (κ2) is 6.49. The minimum Gasteiger partial charge on any atom is -0.396 e. The van der Waals surface area contributed by atoms with Crippen LogP contribution in [0.1, 0.15) is 12.8 Å². The average molecular weight is 144 g/mol. The molecule has 4 heteroatoms. The van der Waals surface area contributed by atoms with Crippen LogP contribution in [0.3, 0.4) is 0 Å². The first-order valence-corrected chi connectivity index (χ1v) is 3.23. The lowest BCUT2D eigenvalue weighted by Gasteiger charge is -2.10. The van der Waals surface area contributed by atoms with E-state index < -0.39 is 0 Å². The van der Waals surface area contributed by atoms with Gasteiger partial charge in [0.15, 0.2) is 0 Å². The van der Waals surface area contributed by atoms with E-state index in [-0.39, 0.29) is 6.61 Å². The number of nitrogens with zero attached hydrogens (tertiary/aromatic N) is 2. The molecule has 0 aliphatic heterocycles. The van der Waals surface area contributed by atoms with Gasteiger partial charge in [-0.15, -0.1) is 0 Å². The van der Waals surface area contributed by atoms with Crippen LogP contribution >= 0.6 is 0 Å². The van der Waals surface area contributed by atoms with E-state index in [2.05, 4.69) is 0 Å². The van der Waals surface area contributed by atoms with E-state index in [1.807, 2.05) is 6.07 Å². The van der Waals surface area contributed by atoms with Crippen LogP contribution in [-0.4, -0.2) is 35.1 Å². The Bertz CT molecular complexity index is 111. The molecular weight excluding hydrogens is 132 g/mol. The van der Waals surface area contributed by atoms with Crippen molar-refractivity contribution in [3.63, 3.8) is 0 Å². The van der Waals surface area contributed by atoms with Crippen LogP contribution in [0.25, 0.3) is 0 Å². The Morgan fingerprint density at radius 1 is 1.40 bits per heavy atom. The largest absolute Gasteiger partial charge is 0.396 e. The summed E-state index contributed by atoms with van der Waals surface area (Å²) in [6, 6.07) is 1.91. The van der Waals surface area contributed by atoms with Gasteiger partial charge in [0.2, 0.25) is 0 Å². The summed E-state index contributed by atoms with van der Waals surface area (Å²) < 4.78 is 0. The summed E-state index contributed by atoms with van der Waals surface area (Å²) in [5.41, 5.74) is 0. The van der Waals surface area contributed by atoms with Gasteiger partial charge in [-0.3, -0.25) is 0 Å². The quantitative estimate of drug-likeness (QED) is 0.532. The molecule has 0 atom stereocenters. The minimum absolute atomic E-state index is 0.0730. The van der Waals surface area contributed by atoms with Gasteiger partial charge in [0, 0.05) is 19.7 Å². The monoisotopic (exact) mass is 144 g/mol. The Kier molecular flexibility index (Phi) is 6.08. The fourth-order valence-corrected chi connectivity index (χ4v) is 0.544. The predicted octanol–water partition coefficient (Wildman–Crippen LogP) is -0.0263. The predicted molar refractivity (Wildman–Crippen MR) is 35.3 cm³/mol. The average Bonchev–Trinajstić information content (AvgIpc) is 1.97. The van der Waals surface area contributed by atoms with Crippen molar-refractivity contribution in [1.29, 1.82) is 5.26 Å². The lowest BCUT2D eigenvalue weighted by molar-refractivity contribution is -0.0913. The third-order valence-electron chi connectivity index (χ3n) is 1.06. The fourth-order valence-electron chi connectivity index (χ4n) is 0.544. The van der Waals surface area contributed by atoms with Gasteiger partial charge in [-0.05, 0) is 6.42 Å². The van der Waals surface area contributed by atoms with Gasteiger partial charge in [0.05, 0.1) is 12.5 Å². The number of rotatable bonds is 5. The van der Waals surface area contributed by atoms with Gasteiger partial charge in [-0.25, -0.2) is 0 Å². The molecule has 0 amide bonds. The molecule has 0 aliphatic rings. The van der Waals surface area contributed by atoms with Crippen LogP contribution in [0.15, 0.2) is 0 Å². The number of hydroxylamine groups is 2. The molecule has 0 spiro atoms. The Labute approximate surface area is 60.3 Å². The molecule has 0 fully saturated rings. The number of aliphatic hydroxyl groups excluding tert-OH is 1. The molecule has 0 heterocycles. The van der Waals surface area contributed by atoms with E-state index in [1.165, 1.54) is 0 Å². The molecular formula is C6H12N2O2. The van der Waals surface area contributed by atoms with Crippen molar-refractivity contribution < 1.29 is 10.3 Å². The zero-order valence-electron chi connectivity index (χ0n) is 5.82. The Morgan fingerprint density at radius 2 is 2.10 bits per heavy atom. The molecule has 0 aromatic carbocycles. The second-order valence-corrected chi connectivity index (χ2v) is 1.94. The third-order valence-corrected chi connectivity index (χ3v) is 1.06. The molecule has 0 saturated heterocycles. The maximum Gasteiger partial charge on any atom is 0.0636 e. The molecule has 0 bridgehead atoms. The summed E-state index contributed by atoms with van der Waals surface area (Å²) in [5.74, 6) is 0. The molecule has 0 saturated carbocycles. The number of nitriles is 1. The molecule has 0 radical (unpaired) electrons. The highest BCUT2D eigenvalue weighted by atomic mass is 16.5. The van der Waals surface area contributed by atoms with Crippen LogP contribution < -0.4 is 0 Å². The highest BCUT2D eigenvalue weighted by Crippen LogP contribution is 1.87. The molecule has 0 aromatic rings. The highest BCUT2D eigenvalue weighted by molar-refractivity contribution is 4.69. The lowest BCUT2D eigenvalue weighted by atomic mass is 10.4. The summed E-state index contributed by atoms with van der Waals surface area (Å²) in [5, 5.41) is 26.4. The zero-order chi connectivity index (χ0) is 7.82. The molecule has 0 unspecified atom stereocenters. The molecule has 58 valence electrons. The summed E-state index contributed by atoms with van der Waals surface area (Å²) in [4.78, 5) is 0. The van der Waals surface area contributed by atoms with Gasteiger partial charge in [0.25, 0.3) is 0 Å². The van der Waals surface area contributed by atoms with E-state index >= 15 is 0 Å². The first-order valence-electron chi connectivity index (χ1n) is 3.23. The van der Waals surface area contributed by atoms with Gasteiger partial charge in [0.1, 0.15) is 0 Å². The van der Waals surface area contributed by atoms with Gasteiger partial charge < -0.3 is 10.3 Å². The minimum atomic E-state index is 0.0730. The summed E-state index contributed by atoms with van der Waals surface area (Å²) in [7, 11) is 0. The topological polar surface area (TPSA) is 67.5 Å². The van der Waals surface area contributed by atoms with Crippen LogP contribution in [0, 0.1) is 11.3 Å². The number of aliphatic hydroxyl groups is 1. The zero-order valence-corrected chi connectivity index (χ0v) is 5.82. The first kappa shape index (κ1) is 9.37. The van der Waals surface area contributed by atoms with Gasteiger partial charge in [-0.1, -0.05) is 0 Å². The highest BCUT2D eigenvalue weighted by Gasteiger charge is 1.96. The van der Waals surface area contributed by atoms with Crippen molar-refractivity contribution in [3.05, 3.63) is 0 Å². The van der Waals surface area contributed by atoms with E-state index in [0.29, 0.717) is 25.9 Å². The smallest absolute Gasteiger partial charge is 0.0636 e. The molecule has 0 aromatic heterocycles. The van der Waals surface area contributed by atoms with E-state index in [9.17, 15) is 0 Å². The van der Waals surface area contributed by atoms with Crippen LogP contribution in [0.4, 0.5) is 0 Å². The second-order valence-electron chi connectivity index (χ2n) is 1.94. The van der Waals surface area contributed by atoms with Crippen molar-refractivity contribution >= 4 is 0 Å².